The lowest BCUT2D eigenvalue weighted by Gasteiger charge is -2.19. The zero-order chi connectivity index (χ0) is 22.0. The number of hydrogen-bond donors (Lipinski definition) is 1. The Morgan fingerprint density at radius 2 is 1.97 bits per heavy atom. The van der Waals surface area contributed by atoms with Crippen molar-refractivity contribution in [3.63, 3.8) is 0 Å². The largest absolute Gasteiger partial charge is 0.467 e. The summed E-state index contributed by atoms with van der Waals surface area (Å²) < 4.78 is 8.11. The van der Waals surface area contributed by atoms with Crippen LogP contribution in [0.2, 0.25) is 0 Å². The third-order valence-corrected chi connectivity index (χ3v) is 4.80. The summed E-state index contributed by atoms with van der Waals surface area (Å²) in [4.78, 5) is 24.5. The normalized spacial score (nSPS) is 12.2. The first kappa shape index (κ1) is 21.0. The molecule has 0 aliphatic carbocycles. The number of benzene rings is 1. The molecule has 3 aromatic rings. The van der Waals surface area contributed by atoms with E-state index in [0.717, 1.165) is 10.9 Å². The van der Waals surface area contributed by atoms with Crippen LogP contribution in [0, 0.1) is 17.2 Å². The zero-order valence-corrected chi connectivity index (χ0v) is 17.6. The number of rotatable bonds is 6. The third-order valence-electron chi connectivity index (χ3n) is 4.80. The number of aromatic nitrogens is 4. The highest BCUT2D eigenvalue weighted by Crippen LogP contribution is 2.24. The van der Waals surface area contributed by atoms with E-state index in [0.29, 0.717) is 16.9 Å². The molecule has 0 saturated carbocycles. The first-order valence-corrected chi connectivity index (χ1v) is 9.63. The monoisotopic (exact) mass is 408 g/mol. The lowest BCUT2D eigenvalue weighted by molar-refractivity contribution is -0.144. The molecule has 0 aliphatic heterocycles. The molecule has 0 aliphatic rings. The summed E-state index contributed by atoms with van der Waals surface area (Å²) in [6, 6.07) is 7.04. The second-order valence-corrected chi connectivity index (χ2v) is 7.59. The van der Waals surface area contributed by atoms with Crippen molar-refractivity contribution in [1.82, 2.24) is 24.9 Å². The van der Waals surface area contributed by atoms with Crippen molar-refractivity contribution in [1.29, 1.82) is 5.26 Å². The standard InChI is InChI=1S/C21H24N6O3/c1-12(2)19(21(29)30-5)24-20(28)14-10-23-26(11-14)15-6-7-18-16(8-15)17(9-22)25-27(18)13(3)4/h6-8,10-13,19H,1-5H3,(H,24,28). The predicted octanol–water partition coefficient (Wildman–Crippen LogP) is 2.60. The highest BCUT2D eigenvalue weighted by Gasteiger charge is 2.26. The highest BCUT2D eigenvalue weighted by molar-refractivity contribution is 5.96. The van der Waals surface area contributed by atoms with Crippen LogP contribution in [0.15, 0.2) is 30.6 Å². The smallest absolute Gasteiger partial charge is 0.328 e. The predicted molar refractivity (Wildman–Crippen MR) is 110 cm³/mol. The summed E-state index contributed by atoms with van der Waals surface area (Å²) in [5.41, 5.74) is 2.19. The van der Waals surface area contributed by atoms with E-state index in [1.807, 2.05) is 45.9 Å². The van der Waals surface area contributed by atoms with Crippen molar-refractivity contribution in [3.8, 4) is 11.8 Å². The van der Waals surface area contributed by atoms with Gasteiger partial charge in [-0.25, -0.2) is 9.48 Å². The average molecular weight is 408 g/mol. The van der Waals surface area contributed by atoms with Crippen molar-refractivity contribution < 1.29 is 14.3 Å². The summed E-state index contributed by atoms with van der Waals surface area (Å²) in [6.45, 7) is 7.65. The number of hydrogen-bond acceptors (Lipinski definition) is 6. The van der Waals surface area contributed by atoms with E-state index in [1.165, 1.54) is 13.3 Å². The number of ether oxygens (including phenoxy) is 1. The van der Waals surface area contributed by atoms with E-state index >= 15 is 0 Å². The van der Waals surface area contributed by atoms with Crippen LogP contribution in [0.25, 0.3) is 16.6 Å². The van der Waals surface area contributed by atoms with Crippen molar-refractivity contribution in [2.75, 3.05) is 7.11 Å². The van der Waals surface area contributed by atoms with Gasteiger partial charge < -0.3 is 10.1 Å². The number of nitrogens with one attached hydrogen (secondary N) is 1. The summed E-state index contributed by atoms with van der Waals surface area (Å²) in [5.74, 6) is -1.04. The molecule has 9 heteroatoms. The quantitative estimate of drug-likeness (QED) is 0.627. The Morgan fingerprint density at radius 1 is 1.23 bits per heavy atom. The average Bonchev–Trinajstić information content (AvgIpc) is 3.35. The molecule has 1 atom stereocenters. The Morgan fingerprint density at radius 3 is 2.57 bits per heavy atom. The van der Waals surface area contributed by atoms with Gasteiger partial charge in [-0.1, -0.05) is 13.8 Å². The van der Waals surface area contributed by atoms with Gasteiger partial charge in [0, 0.05) is 17.6 Å². The second-order valence-electron chi connectivity index (χ2n) is 7.59. The molecule has 30 heavy (non-hydrogen) atoms. The van der Waals surface area contributed by atoms with Crippen LogP contribution in [0.3, 0.4) is 0 Å². The van der Waals surface area contributed by atoms with Gasteiger partial charge in [-0.2, -0.15) is 15.5 Å². The molecule has 156 valence electrons. The number of nitrogens with zero attached hydrogens (tertiary/aromatic N) is 5. The molecule has 2 aromatic heterocycles. The Kier molecular flexibility index (Phi) is 5.87. The van der Waals surface area contributed by atoms with Crippen molar-refractivity contribution in [2.24, 2.45) is 5.92 Å². The summed E-state index contributed by atoms with van der Waals surface area (Å²) in [5, 5.41) is 21.5. The minimum atomic E-state index is -0.748. The van der Waals surface area contributed by atoms with Crippen LogP contribution in [0.4, 0.5) is 0 Å². The Balaban J connectivity index is 1.90. The fourth-order valence-electron chi connectivity index (χ4n) is 3.18. The Labute approximate surface area is 174 Å². The second kappa shape index (κ2) is 8.37. The van der Waals surface area contributed by atoms with Crippen LogP contribution in [-0.4, -0.2) is 44.6 Å². The van der Waals surface area contributed by atoms with Crippen molar-refractivity contribution >= 4 is 22.8 Å². The third kappa shape index (κ3) is 3.89. The fraction of sp³-hybridized carbons (Fsp3) is 0.381. The number of carbonyl (C=O) groups excluding carboxylic acids is 2. The molecular formula is C21H24N6O3. The molecule has 1 unspecified atom stereocenters. The number of nitriles is 1. The van der Waals surface area contributed by atoms with Crippen LogP contribution in [0.1, 0.15) is 49.8 Å². The van der Waals surface area contributed by atoms with Gasteiger partial charge in [-0.3, -0.25) is 9.48 Å². The lowest BCUT2D eigenvalue weighted by Crippen LogP contribution is -2.44. The number of amides is 1. The van der Waals surface area contributed by atoms with Gasteiger partial charge >= 0.3 is 5.97 Å². The van der Waals surface area contributed by atoms with E-state index in [9.17, 15) is 14.9 Å². The van der Waals surface area contributed by atoms with Crippen LogP contribution >= 0.6 is 0 Å². The molecule has 0 bridgehead atoms. The van der Waals surface area contributed by atoms with Gasteiger partial charge in [0.1, 0.15) is 12.1 Å². The van der Waals surface area contributed by atoms with Crippen molar-refractivity contribution in [3.05, 3.63) is 41.9 Å². The van der Waals surface area contributed by atoms with Crippen LogP contribution in [-0.2, 0) is 9.53 Å². The molecule has 0 saturated heterocycles. The fourth-order valence-corrected chi connectivity index (χ4v) is 3.18. The Bertz CT molecular complexity index is 1140. The number of esters is 1. The van der Waals surface area contributed by atoms with Crippen LogP contribution in [0.5, 0.6) is 0 Å². The molecular weight excluding hydrogens is 384 g/mol. The van der Waals surface area contributed by atoms with E-state index < -0.39 is 17.9 Å². The molecule has 1 N–H and O–H groups in total. The maximum absolute atomic E-state index is 12.6. The van der Waals surface area contributed by atoms with E-state index in [-0.39, 0.29) is 12.0 Å². The van der Waals surface area contributed by atoms with E-state index in [4.69, 9.17) is 4.74 Å². The maximum Gasteiger partial charge on any atom is 0.328 e. The molecule has 0 fully saturated rings. The minimum absolute atomic E-state index is 0.115. The van der Waals surface area contributed by atoms with Gasteiger partial charge in [0.05, 0.1) is 30.1 Å². The molecule has 1 aromatic carbocycles. The van der Waals surface area contributed by atoms with Gasteiger partial charge in [0.2, 0.25) is 0 Å². The number of methoxy groups -OCH3 is 1. The molecule has 3 rings (SSSR count). The number of carbonyl (C=O) groups is 2. The van der Waals surface area contributed by atoms with Crippen LogP contribution < -0.4 is 5.32 Å². The Hall–Kier alpha value is -3.67. The highest BCUT2D eigenvalue weighted by atomic mass is 16.5. The number of fused-ring (bicyclic) bond motifs is 1. The summed E-state index contributed by atoms with van der Waals surface area (Å²) in [7, 11) is 1.29. The van der Waals surface area contributed by atoms with Gasteiger partial charge in [-0.15, -0.1) is 0 Å². The van der Waals surface area contributed by atoms with E-state index in [1.54, 1.807) is 15.6 Å². The molecule has 0 spiro atoms. The zero-order valence-electron chi connectivity index (χ0n) is 17.6. The molecule has 1 amide bonds. The summed E-state index contributed by atoms with van der Waals surface area (Å²) in [6.07, 6.45) is 3.00. The van der Waals surface area contributed by atoms with Gasteiger partial charge in [0.25, 0.3) is 5.91 Å². The van der Waals surface area contributed by atoms with Gasteiger partial charge in [-0.05, 0) is 38.0 Å². The molecule has 9 nitrogen and oxygen atoms in total. The van der Waals surface area contributed by atoms with E-state index in [2.05, 4.69) is 21.6 Å². The topological polar surface area (TPSA) is 115 Å². The molecule has 0 radical (unpaired) electrons. The first-order chi connectivity index (χ1) is 14.3. The SMILES string of the molecule is COC(=O)C(NC(=O)c1cnn(-c2ccc3c(c2)c(C#N)nn3C(C)C)c1)C(C)C. The first-order valence-electron chi connectivity index (χ1n) is 9.63. The van der Waals surface area contributed by atoms with Gasteiger partial charge in [0.15, 0.2) is 5.69 Å². The maximum atomic E-state index is 12.6. The molecule has 2 heterocycles. The lowest BCUT2D eigenvalue weighted by atomic mass is 10.0. The van der Waals surface area contributed by atoms with Crippen molar-refractivity contribution in [2.45, 2.75) is 39.8 Å². The summed E-state index contributed by atoms with van der Waals surface area (Å²) >= 11 is 0. The minimum Gasteiger partial charge on any atom is -0.467 e.